The van der Waals surface area contributed by atoms with E-state index < -0.39 is 0 Å². The Morgan fingerprint density at radius 1 is 1.24 bits per heavy atom. The molecule has 1 aromatic carbocycles. The summed E-state index contributed by atoms with van der Waals surface area (Å²) in [5, 5.41) is 8.19. The number of aryl methyl sites for hydroxylation is 1. The van der Waals surface area contributed by atoms with E-state index >= 15 is 0 Å². The molecule has 1 aliphatic heterocycles. The van der Waals surface area contributed by atoms with Crippen molar-refractivity contribution in [3.05, 3.63) is 47.3 Å². The number of piperidine rings is 1. The van der Waals surface area contributed by atoms with E-state index in [1.54, 1.807) is 7.05 Å². The number of rotatable bonds is 5. The van der Waals surface area contributed by atoms with Crippen molar-refractivity contribution in [2.45, 2.75) is 40.2 Å². The zero-order valence-corrected chi connectivity index (χ0v) is 17.8. The molecule has 29 heavy (non-hydrogen) atoms. The minimum Gasteiger partial charge on any atom is -0.466 e. The van der Waals surface area contributed by atoms with Crippen molar-refractivity contribution in [3.63, 3.8) is 0 Å². The molecule has 0 bridgehead atoms. The fraction of sp³-hybridized carbons (Fsp3) is 0.500. The largest absolute Gasteiger partial charge is 0.466 e. The first-order chi connectivity index (χ1) is 14.0. The zero-order valence-electron chi connectivity index (χ0n) is 17.8. The first-order valence-electron chi connectivity index (χ1n) is 10.3. The van der Waals surface area contributed by atoms with Crippen LogP contribution in [0.3, 0.4) is 0 Å². The first-order valence-corrected chi connectivity index (χ1v) is 10.3. The van der Waals surface area contributed by atoms with Crippen LogP contribution in [0.2, 0.25) is 0 Å². The summed E-state index contributed by atoms with van der Waals surface area (Å²) in [4.78, 5) is 18.6. The SMILES string of the molecule is CCOC(=O)C1CCN(C(=NC)NCc2c(C)nn(-c3ccccc3)c2C)CC1. The number of likely N-dealkylation sites (tertiary alicyclic amines) is 1. The van der Waals surface area contributed by atoms with Crippen LogP contribution in [0.4, 0.5) is 0 Å². The number of benzene rings is 1. The van der Waals surface area contributed by atoms with Gasteiger partial charge in [-0.1, -0.05) is 18.2 Å². The summed E-state index contributed by atoms with van der Waals surface area (Å²) in [5.41, 5.74) is 4.37. The van der Waals surface area contributed by atoms with Crippen molar-refractivity contribution >= 4 is 11.9 Å². The predicted molar refractivity (Wildman–Crippen MR) is 114 cm³/mol. The number of ether oxygens (including phenoxy) is 1. The van der Waals surface area contributed by atoms with E-state index in [-0.39, 0.29) is 11.9 Å². The minimum absolute atomic E-state index is 0.00195. The van der Waals surface area contributed by atoms with Gasteiger partial charge in [-0.15, -0.1) is 0 Å². The second kappa shape index (κ2) is 9.58. The molecule has 0 amide bonds. The van der Waals surface area contributed by atoms with Gasteiger partial charge in [0, 0.05) is 37.9 Å². The molecule has 1 aliphatic rings. The number of nitrogens with zero attached hydrogens (tertiary/aromatic N) is 4. The number of carbonyl (C=O) groups is 1. The predicted octanol–water partition coefficient (Wildman–Crippen LogP) is 2.84. The van der Waals surface area contributed by atoms with Crippen LogP contribution in [0.5, 0.6) is 0 Å². The molecule has 3 rings (SSSR count). The monoisotopic (exact) mass is 397 g/mol. The molecule has 2 heterocycles. The van der Waals surface area contributed by atoms with Gasteiger partial charge in [-0.05, 0) is 45.7 Å². The van der Waals surface area contributed by atoms with Gasteiger partial charge in [0.15, 0.2) is 5.96 Å². The molecule has 1 N–H and O–H groups in total. The molecule has 0 saturated carbocycles. The normalized spacial score (nSPS) is 15.4. The van der Waals surface area contributed by atoms with E-state index in [4.69, 9.17) is 9.84 Å². The van der Waals surface area contributed by atoms with Crippen LogP contribution in [0, 0.1) is 19.8 Å². The average Bonchev–Trinajstić information content (AvgIpc) is 3.03. The summed E-state index contributed by atoms with van der Waals surface area (Å²) in [7, 11) is 1.80. The molecule has 7 heteroatoms. The van der Waals surface area contributed by atoms with Crippen molar-refractivity contribution < 1.29 is 9.53 Å². The lowest BCUT2D eigenvalue weighted by Crippen LogP contribution is -2.46. The highest BCUT2D eigenvalue weighted by Gasteiger charge is 2.27. The molecule has 1 fully saturated rings. The molecule has 7 nitrogen and oxygen atoms in total. The molecule has 156 valence electrons. The number of nitrogens with one attached hydrogen (secondary N) is 1. The highest BCUT2D eigenvalue weighted by Crippen LogP contribution is 2.20. The summed E-state index contributed by atoms with van der Waals surface area (Å²) >= 11 is 0. The van der Waals surface area contributed by atoms with Crippen LogP contribution < -0.4 is 5.32 Å². The number of aromatic nitrogens is 2. The Labute approximate surface area is 172 Å². The van der Waals surface area contributed by atoms with Crippen LogP contribution in [-0.2, 0) is 16.1 Å². The van der Waals surface area contributed by atoms with Gasteiger partial charge in [0.05, 0.1) is 23.9 Å². The van der Waals surface area contributed by atoms with E-state index in [0.29, 0.717) is 13.2 Å². The molecular formula is C22H31N5O2. The van der Waals surface area contributed by atoms with Gasteiger partial charge >= 0.3 is 5.97 Å². The molecule has 0 spiro atoms. The van der Waals surface area contributed by atoms with E-state index in [1.807, 2.05) is 36.7 Å². The van der Waals surface area contributed by atoms with Crippen LogP contribution in [0.1, 0.15) is 36.7 Å². The number of hydrogen-bond donors (Lipinski definition) is 1. The molecule has 2 aromatic rings. The molecule has 1 saturated heterocycles. The lowest BCUT2D eigenvalue weighted by atomic mass is 9.97. The molecule has 0 atom stereocenters. The first kappa shape index (κ1) is 20.9. The second-order valence-electron chi connectivity index (χ2n) is 7.31. The third kappa shape index (κ3) is 4.78. The quantitative estimate of drug-likeness (QED) is 0.477. The van der Waals surface area contributed by atoms with Crippen molar-refractivity contribution in [2.24, 2.45) is 10.9 Å². The fourth-order valence-corrected chi connectivity index (χ4v) is 3.84. The van der Waals surface area contributed by atoms with Gasteiger partial charge in [0.25, 0.3) is 0 Å². The van der Waals surface area contributed by atoms with Gasteiger partial charge in [-0.25, -0.2) is 4.68 Å². The van der Waals surface area contributed by atoms with Crippen LogP contribution >= 0.6 is 0 Å². The fourth-order valence-electron chi connectivity index (χ4n) is 3.84. The number of para-hydroxylation sites is 1. The molecule has 0 radical (unpaired) electrons. The van der Waals surface area contributed by atoms with Crippen molar-refractivity contribution in [1.29, 1.82) is 0 Å². The maximum Gasteiger partial charge on any atom is 0.309 e. The van der Waals surface area contributed by atoms with Crippen molar-refractivity contribution in [3.8, 4) is 5.69 Å². The van der Waals surface area contributed by atoms with Crippen molar-refractivity contribution in [1.82, 2.24) is 20.0 Å². The Hall–Kier alpha value is -2.83. The molecule has 1 aromatic heterocycles. The maximum atomic E-state index is 12.0. The number of esters is 1. The van der Waals surface area contributed by atoms with E-state index in [9.17, 15) is 4.79 Å². The van der Waals surface area contributed by atoms with Gasteiger partial charge in [0.2, 0.25) is 0 Å². The standard InChI is InChI=1S/C22H31N5O2/c1-5-29-21(28)18-11-13-26(14-12-18)22(23-4)24-15-20-16(2)25-27(17(20)3)19-9-7-6-8-10-19/h6-10,18H,5,11-15H2,1-4H3,(H,23,24). The molecular weight excluding hydrogens is 366 g/mol. The van der Waals surface area contributed by atoms with Gasteiger partial charge in [-0.2, -0.15) is 5.10 Å². The molecule has 0 aliphatic carbocycles. The number of hydrogen-bond acceptors (Lipinski definition) is 4. The average molecular weight is 398 g/mol. The van der Waals surface area contributed by atoms with Crippen LogP contribution in [-0.4, -0.2) is 53.4 Å². The van der Waals surface area contributed by atoms with Gasteiger partial charge in [-0.3, -0.25) is 9.79 Å². The minimum atomic E-state index is -0.0744. The summed E-state index contributed by atoms with van der Waals surface area (Å²) in [6.07, 6.45) is 1.59. The Morgan fingerprint density at radius 2 is 1.93 bits per heavy atom. The number of guanidine groups is 1. The lowest BCUT2D eigenvalue weighted by Gasteiger charge is -2.33. The Morgan fingerprint density at radius 3 is 2.55 bits per heavy atom. The summed E-state index contributed by atoms with van der Waals surface area (Å²) in [6.45, 7) is 8.68. The highest BCUT2D eigenvalue weighted by molar-refractivity contribution is 5.80. The zero-order chi connectivity index (χ0) is 20.8. The van der Waals surface area contributed by atoms with Gasteiger partial charge in [0.1, 0.15) is 0 Å². The third-order valence-corrected chi connectivity index (χ3v) is 5.49. The number of carbonyl (C=O) groups excluding carboxylic acids is 1. The molecule has 0 unspecified atom stereocenters. The summed E-state index contributed by atoms with van der Waals surface area (Å²) in [6, 6.07) is 10.2. The van der Waals surface area contributed by atoms with Crippen molar-refractivity contribution in [2.75, 3.05) is 26.7 Å². The van der Waals surface area contributed by atoms with E-state index in [2.05, 4.69) is 34.3 Å². The van der Waals surface area contributed by atoms with Gasteiger partial charge < -0.3 is 15.0 Å². The highest BCUT2D eigenvalue weighted by atomic mass is 16.5. The topological polar surface area (TPSA) is 71.8 Å². The Kier molecular flexibility index (Phi) is 6.90. The summed E-state index contributed by atoms with van der Waals surface area (Å²) in [5.74, 6) is 0.783. The Balaban J connectivity index is 1.62. The van der Waals surface area contributed by atoms with E-state index in [0.717, 1.165) is 49.0 Å². The van der Waals surface area contributed by atoms with Crippen LogP contribution in [0.15, 0.2) is 35.3 Å². The third-order valence-electron chi connectivity index (χ3n) is 5.49. The smallest absolute Gasteiger partial charge is 0.309 e. The second-order valence-corrected chi connectivity index (χ2v) is 7.31. The number of aliphatic imine (C=N–C) groups is 1. The van der Waals surface area contributed by atoms with E-state index in [1.165, 1.54) is 5.56 Å². The van der Waals surface area contributed by atoms with Crippen LogP contribution in [0.25, 0.3) is 5.69 Å². The summed E-state index contributed by atoms with van der Waals surface area (Å²) < 4.78 is 7.15. The lowest BCUT2D eigenvalue weighted by molar-refractivity contribution is -0.149. The Bertz CT molecular complexity index is 852. The maximum absolute atomic E-state index is 12.0.